The Morgan fingerprint density at radius 1 is 1.78 bits per heavy atom. The Morgan fingerprint density at radius 2 is 2.56 bits per heavy atom. The highest BCUT2D eigenvalue weighted by molar-refractivity contribution is 4.72. The van der Waals surface area contributed by atoms with Gasteiger partial charge in [0.2, 0.25) is 5.79 Å². The van der Waals surface area contributed by atoms with E-state index in [1.54, 1.807) is 0 Å². The zero-order valence-corrected chi connectivity index (χ0v) is 5.72. The zero-order valence-electron chi connectivity index (χ0n) is 5.72. The van der Waals surface area contributed by atoms with E-state index in [1.165, 1.54) is 6.26 Å². The van der Waals surface area contributed by atoms with Crippen molar-refractivity contribution in [3.8, 4) is 0 Å². The molecule has 0 bridgehead atoms. The van der Waals surface area contributed by atoms with Gasteiger partial charge >= 0.3 is 0 Å². The van der Waals surface area contributed by atoms with Crippen molar-refractivity contribution in [1.82, 2.24) is 0 Å². The highest BCUT2D eigenvalue weighted by atomic mass is 16.7. The summed E-state index contributed by atoms with van der Waals surface area (Å²) in [4.78, 5) is 0. The Hall–Kier alpha value is -0.500. The molecule has 9 heavy (non-hydrogen) atoms. The minimum absolute atomic E-state index is 0.373. The van der Waals surface area contributed by atoms with Gasteiger partial charge in [-0.2, -0.15) is 0 Å². The molecule has 1 heterocycles. The maximum absolute atomic E-state index is 5.29. The van der Waals surface area contributed by atoms with Crippen molar-refractivity contribution >= 4 is 0 Å². The average Bonchev–Trinajstić information content (AvgIpc) is 2.16. The first-order chi connectivity index (χ1) is 4.27. The third-order valence-corrected chi connectivity index (χ3v) is 1.52. The monoisotopic (exact) mass is 128 g/mol. The van der Waals surface area contributed by atoms with E-state index >= 15 is 0 Å². The van der Waals surface area contributed by atoms with Crippen molar-refractivity contribution < 1.29 is 9.47 Å². The molecule has 2 nitrogen and oxygen atoms in total. The highest BCUT2D eigenvalue weighted by Crippen LogP contribution is 2.25. The van der Waals surface area contributed by atoms with Crippen molar-refractivity contribution in [1.29, 1.82) is 0 Å². The van der Waals surface area contributed by atoms with Crippen molar-refractivity contribution in [2.75, 3.05) is 6.61 Å². The number of ether oxygens (including phenoxy) is 2. The van der Waals surface area contributed by atoms with Crippen molar-refractivity contribution in [3.63, 3.8) is 0 Å². The Balaban J connectivity index is 2.40. The lowest BCUT2D eigenvalue weighted by atomic mass is 10.2. The number of rotatable bonds is 2. The second-order valence-electron chi connectivity index (χ2n) is 2.37. The smallest absolute Gasteiger partial charge is 0.206 e. The van der Waals surface area contributed by atoms with Gasteiger partial charge in [-0.3, -0.25) is 0 Å². The second kappa shape index (κ2) is 2.40. The van der Waals surface area contributed by atoms with Gasteiger partial charge in [0, 0.05) is 13.3 Å². The molecule has 1 aliphatic rings. The van der Waals surface area contributed by atoms with E-state index in [0.717, 1.165) is 19.4 Å². The van der Waals surface area contributed by atoms with E-state index in [4.69, 9.17) is 9.47 Å². The Morgan fingerprint density at radius 3 is 3.00 bits per heavy atom. The third-order valence-electron chi connectivity index (χ3n) is 1.52. The minimum Gasteiger partial charge on any atom is -0.471 e. The van der Waals surface area contributed by atoms with E-state index in [1.807, 2.05) is 6.92 Å². The van der Waals surface area contributed by atoms with Crippen LogP contribution in [0.15, 0.2) is 12.8 Å². The van der Waals surface area contributed by atoms with Crippen LogP contribution in [-0.4, -0.2) is 12.4 Å². The minimum atomic E-state index is -0.373. The van der Waals surface area contributed by atoms with Gasteiger partial charge < -0.3 is 9.47 Å². The normalized spacial score (nSPS) is 34.3. The van der Waals surface area contributed by atoms with Gasteiger partial charge in [0.05, 0.1) is 12.9 Å². The molecular formula is C7H12O2. The summed E-state index contributed by atoms with van der Waals surface area (Å²) < 4.78 is 10.4. The molecule has 0 saturated carbocycles. The molecule has 0 N–H and O–H groups in total. The molecular weight excluding hydrogens is 116 g/mol. The summed E-state index contributed by atoms with van der Waals surface area (Å²) in [5, 5.41) is 0. The van der Waals surface area contributed by atoms with Crippen LogP contribution in [0.5, 0.6) is 0 Å². The molecule has 0 aliphatic carbocycles. The van der Waals surface area contributed by atoms with Crippen LogP contribution in [0, 0.1) is 0 Å². The van der Waals surface area contributed by atoms with Crippen LogP contribution in [-0.2, 0) is 9.47 Å². The topological polar surface area (TPSA) is 18.5 Å². The van der Waals surface area contributed by atoms with E-state index < -0.39 is 0 Å². The highest BCUT2D eigenvalue weighted by Gasteiger charge is 2.30. The molecule has 2 heteroatoms. The van der Waals surface area contributed by atoms with Gasteiger partial charge in [-0.15, -0.1) is 0 Å². The molecule has 1 unspecified atom stereocenters. The van der Waals surface area contributed by atoms with Gasteiger partial charge in [-0.05, 0) is 6.42 Å². The van der Waals surface area contributed by atoms with Crippen LogP contribution < -0.4 is 0 Å². The molecule has 1 saturated heterocycles. The standard InChI is InChI=1S/C7H12O2/c1-3-8-7(2)5-4-6-9-7/h3H,1,4-6H2,2H3. The van der Waals surface area contributed by atoms with Crippen LogP contribution >= 0.6 is 0 Å². The molecule has 0 aromatic carbocycles. The van der Waals surface area contributed by atoms with Gasteiger partial charge in [-0.25, -0.2) is 0 Å². The first-order valence-corrected chi connectivity index (χ1v) is 3.19. The maximum atomic E-state index is 5.29. The van der Waals surface area contributed by atoms with Gasteiger partial charge in [0.15, 0.2) is 0 Å². The van der Waals surface area contributed by atoms with Gasteiger partial charge in [0.25, 0.3) is 0 Å². The van der Waals surface area contributed by atoms with E-state index in [2.05, 4.69) is 6.58 Å². The first kappa shape index (κ1) is 6.62. The maximum Gasteiger partial charge on any atom is 0.206 e. The fourth-order valence-corrected chi connectivity index (χ4v) is 1.02. The lowest BCUT2D eigenvalue weighted by molar-refractivity contribution is -0.161. The summed E-state index contributed by atoms with van der Waals surface area (Å²) in [5.74, 6) is -0.373. The average molecular weight is 128 g/mol. The van der Waals surface area contributed by atoms with Crippen molar-refractivity contribution in [3.05, 3.63) is 12.8 Å². The quantitative estimate of drug-likeness (QED) is 0.527. The Labute approximate surface area is 55.5 Å². The predicted octanol–water partition coefficient (Wildman–Crippen LogP) is 1.67. The van der Waals surface area contributed by atoms with Crippen molar-refractivity contribution in [2.45, 2.75) is 25.6 Å². The summed E-state index contributed by atoms with van der Waals surface area (Å²) in [5.41, 5.74) is 0. The fourth-order valence-electron chi connectivity index (χ4n) is 1.02. The molecule has 1 aliphatic heterocycles. The molecule has 1 rings (SSSR count). The molecule has 0 aromatic heterocycles. The Kier molecular flexibility index (Phi) is 1.76. The zero-order chi connectivity index (χ0) is 6.74. The summed E-state index contributed by atoms with van der Waals surface area (Å²) >= 11 is 0. The van der Waals surface area contributed by atoms with Gasteiger partial charge in [0.1, 0.15) is 0 Å². The van der Waals surface area contributed by atoms with Gasteiger partial charge in [-0.1, -0.05) is 6.58 Å². The third kappa shape index (κ3) is 1.45. The molecule has 1 fully saturated rings. The lowest BCUT2D eigenvalue weighted by Gasteiger charge is -2.21. The van der Waals surface area contributed by atoms with Crippen molar-refractivity contribution in [2.24, 2.45) is 0 Å². The summed E-state index contributed by atoms with van der Waals surface area (Å²) in [6.07, 6.45) is 3.49. The first-order valence-electron chi connectivity index (χ1n) is 3.19. The molecule has 0 aromatic rings. The molecule has 0 amide bonds. The van der Waals surface area contributed by atoms with Crippen LogP contribution in [0.2, 0.25) is 0 Å². The number of hydrogen-bond acceptors (Lipinski definition) is 2. The summed E-state index contributed by atoms with van der Waals surface area (Å²) in [6, 6.07) is 0. The summed E-state index contributed by atoms with van der Waals surface area (Å²) in [6.45, 7) is 6.21. The molecule has 0 radical (unpaired) electrons. The fraction of sp³-hybridized carbons (Fsp3) is 0.714. The SMILES string of the molecule is C=COC1(C)CCCO1. The largest absolute Gasteiger partial charge is 0.471 e. The molecule has 52 valence electrons. The van der Waals surface area contributed by atoms with E-state index in [9.17, 15) is 0 Å². The summed E-state index contributed by atoms with van der Waals surface area (Å²) in [7, 11) is 0. The predicted molar refractivity (Wildman–Crippen MR) is 34.9 cm³/mol. The number of hydrogen-bond donors (Lipinski definition) is 0. The Bertz CT molecular complexity index is 103. The van der Waals surface area contributed by atoms with Crippen LogP contribution in [0.1, 0.15) is 19.8 Å². The molecule has 1 atom stereocenters. The second-order valence-corrected chi connectivity index (χ2v) is 2.37. The van der Waals surface area contributed by atoms with Crippen LogP contribution in [0.25, 0.3) is 0 Å². The van der Waals surface area contributed by atoms with E-state index in [0.29, 0.717) is 0 Å². The van der Waals surface area contributed by atoms with Crippen LogP contribution in [0.3, 0.4) is 0 Å². The van der Waals surface area contributed by atoms with E-state index in [-0.39, 0.29) is 5.79 Å². The lowest BCUT2D eigenvalue weighted by Crippen LogP contribution is -2.24. The molecule has 0 spiro atoms. The van der Waals surface area contributed by atoms with Crippen LogP contribution in [0.4, 0.5) is 0 Å².